The highest BCUT2D eigenvalue weighted by Gasteiger charge is 2.19. The van der Waals surface area contributed by atoms with Gasteiger partial charge in [0.1, 0.15) is 0 Å². The zero-order valence-electron chi connectivity index (χ0n) is 9.95. The van der Waals surface area contributed by atoms with Crippen molar-refractivity contribution in [1.29, 1.82) is 0 Å². The normalized spacial score (nSPS) is 12.3. The molecule has 0 amide bonds. The van der Waals surface area contributed by atoms with Crippen molar-refractivity contribution in [3.05, 3.63) is 10.8 Å². The maximum Gasteiger partial charge on any atom is 0.309 e. The van der Waals surface area contributed by atoms with Crippen molar-refractivity contribution in [1.82, 2.24) is 0 Å². The lowest BCUT2D eigenvalue weighted by Crippen LogP contribution is -2.15. The molecule has 0 aliphatic rings. The summed E-state index contributed by atoms with van der Waals surface area (Å²) in [7, 11) is -7.41. The minimum absolute atomic E-state index is 0.0922. The van der Waals surface area contributed by atoms with Crippen molar-refractivity contribution in [3.8, 4) is 11.5 Å². The van der Waals surface area contributed by atoms with E-state index in [2.05, 4.69) is 0 Å². The zero-order chi connectivity index (χ0) is 13.8. The molecule has 1 aromatic heterocycles. The van der Waals surface area contributed by atoms with Crippen LogP contribution in [0.4, 0.5) is 0 Å². The van der Waals surface area contributed by atoms with Crippen LogP contribution in [0.1, 0.15) is 20.3 Å². The van der Waals surface area contributed by atoms with Crippen LogP contribution in [0, 0.1) is 0 Å². The number of hydrogen-bond acceptors (Lipinski definition) is 7. The van der Waals surface area contributed by atoms with Gasteiger partial charge in [-0.25, -0.2) is 0 Å². The van der Waals surface area contributed by atoms with Gasteiger partial charge in [0.25, 0.3) is 0 Å². The fourth-order valence-corrected chi connectivity index (χ4v) is 3.29. The third-order valence-corrected chi connectivity index (χ3v) is 5.02. The number of rotatable bonds is 7. The van der Waals surface area contributed by atoms with E-state index in [0.717, 1.165) is 11.3 Å². The molecule has 0 aromatic carbocycles. The summed E-state index contributed by atoms with van der Waals surface area (Å²) in [5.41, 5.74) is 0. The quantitative estimate of drug-likeness (QED) is 0.710. The average molecular weight is 314 g/mol. The van der Waals surface area contributed by atoms with E-state index in [1.807, 2.05) is 0 Å². The Morgan fingerprint density at radius 2 is 1.50 bits per heavy atom. The molecule has 0 atom stereocenters. The molecule has 0 N–H and O–H groups in total. The number of thiophene rings is 1. The van der Waals surface area contributed by atoms with Crippen LogP contribution in [0.2, 0.25) is 0 Å². The van der Waals surface area contributed by atoms with Crippen LogP contribution < -0.4 is 8.37 Å². The van der Waals surface area contributed by atoms with Crippen LogP contribution in [0.25, 0.3) is 0 Å². The van der Waals surface area contributed by atoms with Gasteiger partial charge in [0.05, 0.1) is 11.5 Å². The second-order valence-electron chi connectivity index (χ2n) is 3.38. The first-order chi connectivity index (χ1) is 8.29. The first-order valence-corrected chi connectivity index (χ1v) is 9.30. The molecule has 1 heterocycles. The van der Waals surface area contributed by atoms with Crippen molar-refractivity contribution < 1.29 is 25.2 Å². The summed E-state index contributed by atoms with van der Waals surface area (Å²) >= 11 is 1.10. The van der Waals surface area contributed by atoms with Crippen LogP contribution >= 0.6 is 11.3 Å². The first-order valence-electron chi connectivity index (χ1n) is 5.20. The molecule has 9 heteroatoms. The monoisotopic (exact) mass is 314 g/mol. The summed E-state index contributed by atoms with van der Waals surface area (Å²) in [6.45, 7) is 3.13. The van der Waals surface area contributed by atoms with E-state index in [1.54, 1.807) is 6.92 Å². The molecule has 0 bridgehead atoms. The molecule has 1 rings (SSSR count). The van der Waals surface area contributed by atoms with Gasteiger partial charge in [-0.2, -0.15) is 16.8 Å². The van der Waals surface area contributed by atoms with Gasteiger partial charge in [-0.3, -0.25) is 0 Å². The topological polar surface area (TPSA) is 86.7 Å². The summed E-state index contributed by atoms with van der Waals surface area (Å²) in [5, 5.41) is 2.76. The largest absolute Gasteiger partial charge is 0.377 e. The van der Waals surface area contributed by atoms with Gasteiger partial charge in [0.15, 0.2) is 11.5 Å². The standard InChI is InChI=1S/C9H14O6S3/c1-3-5-18(12,13)15-9-7-16-6-8(9)14-17(10,11)4-2/h6-7H,3-5H2,1-2H3. The van der Waals surface area contributed by atoms with Gasteiger partial charge >= 0.3 is 20.2 Å². The Morgan fingerprint density at radius 1 is 1.00 bits per heavy atom. The molecule has 104 valence electrons. The van der Waals surface area contributed by atoms with E-state index in [-0.39, 0.29) is 23.0 Å². The molecule has 18 heavy (non-hydrogen) atoms. The maximum atomic E-state index is 11.5. The van der Waals surface area contributed by atoms with Gasteiger partial charge < -0.3 is 8.37 Å². The second kappa shape index (κ2) is 5.89. The third kappa shape index (κ3) is 4.46. The Labute approximate surface area is 111 Å². The summed E-state index contributed by atoms with van der Waals surface area (Å²) in [6, 6.07) is 0. The lowest BCUT2D eigenvalue weighted by Gasteiger charge is -2.07. The van der Waals surface area contributed by atoms with Crippen molar-refractivity contribution in [3.63, 3.8) is 0 Å². The molecule has 6 nitrogen and oxygen atoms in total. The van der Waals surface area contributed by atoms with E-state index >= 15 is 0 Å². The molecular weight excluding hydrogens is 300 g/mol. The molecule has 0 unspecified atom stereocenters. The molecule has 0 aliphatic carbocycles. The van der Waals surface area contributed by atoms with E-state index in [0.29, 0.717) is 6.42 Å². The Kier molecular flexibility index (Phi) is 5.00. The maximum absolute atomic E-state index is 11.5. The van der Waals surface area contributed by atoms with Crippen LogP contribution in [0.3, 0.4) is 0 Å². The SMILES string of the molecule is CCCS(=O)(=O)Oc1cscc1OS(=O)(=O)CC. The molecular formula is C9H14O6S3. The van der Waals surface area contributed by atoms with Gasteiger partial charge in [-0.05, 0) is 13.3 Å². The van der Waals surface area contributed by atoms with Gasteiger partial charge in [0.2, 0.25) is 0 Å². The Morgan fingerprint density at radius 3 is 1.94 bits per heavy atom. The van der Waals surface area contributed by atoms with E-state index in [4.69, 9.17) is 8.37 Å². The van der Waals surface area contributed by atoms with Crippen LogP contribution in [-0.2, 0) is 20.2 Å². The number of hydrogen-bond donors (Lipinski definition) is 0. The Hall–Kier alpha value is -0.800. The van der Waals surface area contributed by atoms with Crippen molar-refractivity contribution in [2.75, 3.05) is 11.5 Å². The summed E-state index contributed by atoms with van der Waals surface area (Å²) in [5.74, 6) is -0.528. The first kappa shape index (κ1) is 15.3. The molecule has 0 fully saturated rings. The fourth-order valence-electron chi connectivity index (χ4n) is 1.02. The lowest BCUT2D eigenvalue weighted by atomic mass is 10.6. The van der Waals surface area contributed by atoms with E-state index in [1.165, 1.54) is 17.7 Å². The summed E-state index contributed by atoms with van der Waals surface area (Å²) in [6.07, 6.45) is 0.413. The highest BCUT2D eigenvalue weighted by Crippen LogP contribution is 2.33. The molecule has 0 radical (unpaired) electrons. The minimum Gasteiger partial charge on any atom is -0.377 e. The predicted molar refractivity (Wildman–Crippen MR) is 69.1 cm³/mol. The zero-order valence-corrected chi connectivity index (χ0v) is 12.4. The summed E-state index contributed by atoms with van der Waals surface area (Å²) in [4.78, 5) is 0. The average Bonchev–Trinajstić information content (AvgIpc) is 2.64. The van der Waals surface area contributed by atoms with Crippen LogP contribution in [-0.4, -0.2) is 28.3 Å². The van der Waals surface area contributed by atoms with E-state index < -0.39 is 20.2 Å². The second-order valence-corrected chi connectivity index (χ2v) is 7.67. The minimum atomic E-state index is -3.71. The predicted octanol–water partition coefficient (Wildman–Crippen LogP) is 1.60. The Bertz CT molecular complexity index is 584. The highest BCUT2D eigenvalue weighted by molar-refractivity contribution is 7.87. The fraction of sp³-hybridized carbons (Fsp3) is 0.556. The Balaban J connectivity index is 2.91. The van der Waals surface area contributed by atoms with Crippen LogP contribution in [0.15, 0.2) is 10.8 Å². The lowest BCUT2D eigenvalue weighted by molar-refractivity contribution is 0.452. The molecule has 0 aliphatic heterocycles. The molecule has 0 saturated heterocycles. The molecule has 0 saturated carbocycles. The molecule has 0 spiro atoms. The van der Waals surface area contributed by atoms with Crippen molar-refractivity contribution in [2.45, 2.75) is 20.3 Å². The van der Waals surface area contributed by atoms with E-state index in [9.17, 15) is 16.8 Å². The summed E-state index contributed by atoms with van der Waals surface area (Å²) < 4.78 is 55.0. The van der Waals surface area contributed by atoms with Gasteiger partial charge in [-0.1, -0.05) is 6.92 Å². The van der Waals surface area contributed by atoms with Crippen molar-refractivity contribution in [2.24, 2.45) is 0 Å². The highest BCUT2D eigenvalue weighted by atomic mass is 32.2. The smallest absolute Gasteiger partial charge is 0.309 e. The molecule has 1 aromatic rings. The van der Waals surface area contributed by atoms with Crippen molar-refractivity contribution >= 4 is 31.6 Å². The van der Waals surface area contributed by atoms with Gasteiger partial charge in [-0.15, -0.1) is 11.3 Å². The van der Waals surface area contributed by atoms with Crippen LogP contribution in [0.5, 0.6) is 11.5 Å². The third-order valence-electron chi connectivity index (χ3n) is 1.83. The van der Waals surface area contributed by atoms with Gasteiger partial charge in [0, 0.05) is 10.8 Å².